The number of benzene rings is 1. The van der Waals surface area contributed by atoms with Gasteiger partial charge in [0.2, 0.25) is 0 Å². The molecule has 1 amide bonds. The second-order valence-corrected chi connectivity index (χ2v) is 9.67. The maximum Gasteiger partial charge on any atom is 0.289 e. The van der Waals surface area contributed by atoms with E-state index in [1.807, 2.05) is 0 Å². The van der Waals surface area contributed by atoms with E-state index in [1.54, 1.807) is 17.0 Å². The fourth-order valence-electron chi connectivity index (χ4n) is 3.74. The number of fused-ring (bicyclic) bond motifs is 1. The van der Waals surface area contributed by atoms with E-state index in [0.29, 0.717) is 48.6 Å². The van der Waals surface area contributed by atoms with Gasteiger partial charge in [0.25, 0.3) is 5.91 Å². The first-order chi connectivity index (χ1) is 12.8. The smallest absolute Gasteiger partial charge is 0.289 e. The van der Waals surface area contributed by atoms with Crippen LogP contribution < -0.4 is 5.43 Å². The maximum atomic E-state index is 12.7. The van der Waals surface area contributed by atoms with E-state index in [9.17, 15) is 18.0 Å². The second kappa shape index (κ2) is 6.92. The molecule has 9 heteroatoms. The van der Waals surface area contributed by atoms with Gasteiger partial charge >= 0.3 is 0 Å². The molecule has 0 saturated carbocycles. The van der Waals surface area contributed by atoms with Crippen molar-refractivity contribution in [2.75, 3.05) is 37.7 Å². The summed E-state index contributed by atoms with van der Waals surface area (Å²) >= 11 is 5.90. The lowest BCUT2D eigenvalue weighted by molar-refractivity contribution is 0.0559. The van der Waals surface area contributed by atoms with Crippen LogP contribution in [0.4, 0.5) is 0 Å². The van der Waals surface area contributed by atoms with E-state index >= 15 is 0 Å². The van der Waals surface area contributed by atoms with Gasteiger partial charge in [0.05, 0.1) is 16.9 Å². The van der Waals surface area contributed by atoms with Gasteiger partial charge in [-0.25, -0.2) is 8.42 Å². The van der Waals surface area contributed by atoms with Crippen LogP contribution in [0.15, 0.2) is 33.5 Å². The van der Waals surface area contributed by atoms with Crippen LogP contribution in [-0.4, -0.2) is 67.9 Å². The van der Waals surface area contributed by atoms with Gasteiger partial charge in [0.1, 0.15) is 5.58 Å². The molecule has 0 N–H and O–H groups in total. The van der Waals surface area contributed by atoms with Gasteiger partial charge in [0, 0.05) is 43.3 Å². The number of hydrogen-bond donors (Lipinski definition) is 0. The zero-order valence-electron chi connectivity index (χ0n) is 14.6. The van der Waals surface area contributed by atoms with Gasteiger partial charge in [-0.3, -0.25) is 14.5 Å². The SMILES string of the molecule is O=C(c1cc(=O)c2cc(Cl)ccc2o1)N1CCN([C@H]2CCS(=O)(=O)C2)CC1. The number of amides is 1. The molecular formula is C18H19ClN2O5S. The third-order valence-electron chi connectivity index (χ3n) is 5.23. The minimum Gasteiger partial charge on any atom is -0.451 e. The first-order valence-corrected chi connectivity index (χ1v) is 11.0. The van der Waals surface area contributed by atoms with Gasteiger partial charge in [-0.05, 0) is 24.6 Å². The molecule has 0 radical (unpaired) electrons. The van der Waals surface area contributed by atoms with Crippen LogP contribution in [-0.2, 0) is 9.84 Å². The summed E-state index contributed by atoms with van der Waals surface area (Å²) in [6.07, 6.45) is 0.651. The van der Waals surface area contributed by atoms with E-state index in [1.165, 1.54) is 12.1 Å². The van der Waals surface area contributed by atoms with E-state index < -0.39 is 9.84 Å². The minimum atomic E-state index is -2.93. The lowest BCUT2D eigenvalue weighted by Gasteiger charge is -2.37. The maximum absolute atomic E-state index is 12.7. The fraction of sp³-hybridized carbons (Fsp3) is 0.444. The van der Waals surface area contributed by atoms with Crippen LogP contribution in [0, 0.1) is 0 Å². The number of carbonyl (C=O) groups excluding carboxylic acids is 1. The lowest BCUT2D eigenvalue weighted by atomic mass is 10.1. The number of hydrogen-bond acceptors (Lipinski definition) is 6. The molecular weight excluding hydrogens is 392 g/mol. The van der Waals surface area contributed by atoms with Gasteiger partial charge < -0.3 is 9.32 Å². The number of nitrogens with zero attached hydrogens (tertiary/aromatic N) is 2. The molecule has 3 heterocycles. The summed E-state index contributed by atoms with van der Waals surface area (Å²) < 4.78 is 28.9. The van der Waals surface area contributed by atoms with Gasteiger partial charge in [-0.1, -0.05) is 11.6 Å². The van der Waals surface area contributed by atoms with Crippen molar-refractivity contribution < 1.29 is 17.6 Å². The predicted octanol–water partition coefficient (Wildman–Crippen LogP) is 1.39. The quantitative estimate of drug-likeness (QED) is 0.743. The third kappa shape index (κ3) is 3.74. The Labute approximate surface area is 161 Å². The molecule has 27 heavy (non-hydrogen) atoms. The van der Waals surface area contributed by atoms with E-state index in [-0.39, 0.29) is 34.6 Å². The minimum absolute atomic E-state index is 0.00622. The molecule has 1 atom stereocenters. The van der Waals surface area contributed by atoms with Crippen molar-refractivity contribution in [2.45, 2.75) is 12.5 Å². The zero-order chi connectivity index (χ0) is 19.2. The Kier molecular flexibility index (Phi) is 4.73. The molecule has 4 rings (SSSR count). The summed E-state index contributed by atoms with van der Waals surface area (Å²) in [4.78, 5) is 28.8. The van der Waals surface area contributed by atoms with Crippen molar-refractivity contribution in [3.05, 3.63) is 45.3 Å². The first kappa shape index (κ1) is 18.5. The molecule has 2 aliphatic heterocycles. The van der Waals surface area contributed by atoms with Crippen LogP contribution in [0.25, 0.3) is 11.0 Å². The van der Waals surface area contributed by atoms with Gasteiger partial charge in [-0.2, -0.15) is 0 Å². The topological polar surface area (TPSA) is 87.9 Å². The van der Waals surface area contributed by atoms with Crippen molar-refractivity contribution in [3.8, 4) is 0 Å². The Hall–Kier alpha value is -1.90. The predicted molar refractivity (Wildman–Crippen MR) is 102 cm³/mol. The molecule has 1 aromatic carbocycles. The molecule has 2 aromatic rings. The van der Waals surface area contributed by atoms with Crippen LogP contribution in [0.2, 0.25) is 5.02 Å². The Balaban J connectivity index is 1.47. The van der Waals surface area contributed by atoms with Gasteiger partial charge in [-0.15, -0.1) is 0 Å². The highest BCUT2D eigenvalue weighted by molar-refractivity contribution is 7.91. The molecule has 0 spiro atoms. The van der Waals surface area contributed by atoms with Crippen molar-refractivity contribution in [1.29, 1.82) is 0 Å². The second-order valence-electron chi connectivity index (χ2n) is 7.00. The largest absolute Gasteiger partial charge is 0.451 e. The fourth-order valence-corrected chi connectivity index (χ4v) is 5.68. The monoisotopic (exact) mass is 410 g/mol. The van der Waals surface area contributed by atoms with Crippen LogP contribution in [0.3, 0.4) is 0 Å². The van der Waals surface area contributed by atoms with Crippen molar-refractivity contribution in [3.63, 3.8) is 0 Å². The molecule has 2 saturated heterocycles. The average Bonchev–Trinajstić information content (AvgIpc) is 3.01. The lowest BCUT2D eigenvalue weighted by Crippen LogP contribution is -2.52. The zero-order valence-corrected chi connectivity index (χ0v) is 16.1. The molecule has 0 bridgehead atoms. The molecule has 7 nitrogen and oxygen atoms in total. The highest BCUT2D eigenvalue weighted by Crippen LogP contribution is 2.21. The summed E-state index contributed by atoms with van der Waals surface area (Å²) in [6.45, 7) is 2.16. The summed E-state index contributed by atoms with van der Waals surface area (Å²) in [5.41, 5.74) is 0.0157. The van der Waals surface area contributed by atoms with Gasteiger partial charge in [0.15, 0.2) is 21.0 Å². The highest BCUT2D eigenvalue weighted by atomic mass is 35.5. The Morgan fingerprint density at radius 1 is 1.15 bits per heavy atom. The van der Waals surface area contributed by atoms with Crippen molar-refractivity contribution in [1.82, 2.24) is 9.80 Å². The molecule has 0 unspecified atom stereocenters. The van der Waals surface area contributed by atoms with E-state index in [0.717, 1.165) is 0 Å². The molecule has 2 aliphatic rings. The van der Waals surface area contributed by atoms with Crippen molar-refractivity contribution in [2.24, 2.45) is 0 Å². The van der Waals surface area contributed by atoms with Crippen LogP contribution >= 0.6 is 11.6 Å². The summed E-state index contributed by atoms with van der Waals surface area (Å²) in [6, 6.07) is 5.95. The summed E-state index contributed by atoms with van der Waals surface area (Å²) in [5, 5.41) is 0.769. The average molecular weight is 411 g/mol. The summed E-state index contributed by atoms with van der Waals surface area (Å²) in [7, 11) is -2.93. The Morgan fingerprint density at radius 2 is 1.89 bits per heavy atom. The van der Waals surface area contributed by atoms with E-state index in [2.05, 4.69) is 4.90 Å². The number of piperazine rings is 1. The standard InChI is InChI=1S/C18H19ClN2O5S/c19-12-1-2-16-14(9-12)15(22)10-17(26-16)18(23)21-6-4-20(5-7-21)13-3-8-27(24,25)11-13/h1-2,9-10,13H,3-8,11H2/t13-/m0/s1. The Bertz CT molecular complexity index is 1060. The van der Waals surface area contributed by atoms with Crippen molar-refractivity contribution >= 4 is 38.3 Å². The molecule has 1 aromatic heterocycles. The first-order valence-electron chi connectivity index (χ1n) is 8.79. The number of carbonyl (C=O) groups is 1. The van der Waals surface area contributed by atoms with Crippen LogP contribution in [0.5, 0.6) is 0 Å². The molecule has 0 aliphatic carbocycles. The molecule has 2 fully saturated rings. The summed E-state index contributed by atoms with van der Waals surface area (Å²) in [5.74, 6) is 0.112. The number of rotatable bonds is 2. The Morgan fingerprint density at radius 3 is 2.56 bits per heavy atom. The van der Waals surface area contributed by atoms with E-state index in [4.69, 9.17) is 16.0 Å². The normalized spacial score (nSPS) is 23.0. The number of sulfone groups is 1. The highest BCUT2D eigenvalue weighted by Gasteiger charge is 2.34. The molecule has 144 valence electrons. The third-order valence-corrected chi connectivity index (χ3v) is 7.21. The number of halogens is 1. The van der Waals surface area contributed by atoms with Crippen LogP contribution in [0.1, 0.15) is 17.0 Å².